The highest BCUT2D eigenvalue weighted by Gasteiger charge is 2.08. The van der Waals surface area contributed by atoms with E-state index in [4.69, 9.17) is 5.26 Å². The number of H-pyrrole nitrogens is 1. The third-order valence-corrected chi connectivity index (χ3v) is 3.02. The van der Waals surface area contributed by atoms with Crippen LogP contribution < -0.4 is 5.32 Å². The van der Waals surface area contributed by atoms with Crippen LogP contribution in [0.5, 0.6) is 0 Å². The highest BCUT2D eigenvalue weighted by atomic mass is 15.1. The zero-order valence-electron chi connectivity index (χ0n) is 10.1. The summed E-state index contributed by atoms with van der Waals surface area (Å²) in [7, 11) is 1.94. The van der Waals surface area contributed by atoms with E-state index in [0.717, 1.165) is 35.5 Å². The van der Waals surface area contributed by atoms with Gasteiger partial charge in [-0.15, -0.1) is 0 Å². The number of benzene rings is 1. The van der Waals surface area contributed by atoms with Crippen molar-refractivity contribution in [2.75, 3.05) is 13.6 Å². The number of nitrogens with zero attached hydrogens (tertiary/aromatic N) is 3. The molecular weight excluding hydrogens is 226 g/mol. The van der Waals surface area contributed by atoms with Crippen LogP contribution in [0.3, 0.4) is 0 Å². The summed E-state index contributed by atoms with van der Waals surface area (Å²) < 4.78 is 2.03. The quantitative estimate of drug-likeness (QED) is 0.726. The molecule has 3 aromatic rings. The highest BCUT2D eigenvalue weighted by Crippen LogP contribution is 2.18. The second-order valence-electron chi connectivity index (χ2n) is 4.25. The van der Waals surface area contributed by atoms with Crippen LogP contribution in [-0.4, -0.2) is 28.0 Å². The standard InChI is InChI=1S/C13H13N5/c1-15-5-4-10-8-18-12-3-2-9(7-14)6-11(12)17-13(18)16-10/h2-3,6,8,15H,4-5H2,1H3,(H,16,17). The number of nitrogens with one attached hydrogen (secondary N) is 2. The number of nitriles is 1. The van der Waals surface area contributed by atoms with Crippen molar-refractivity contribution in [3.05, 3.63) is 35.7 Å². The van der Waals surface area contributed by atoms with Crippen molar-refractivity contribution in [3.63, 3.8) is 0 Å². The second-order valence-corrected chi connectivity index (χ2v) is 4.25. The van der Waals surface area contributed by atoms with Crippen molar-refractivity contribution in [3.8, 4) is 6.07 Å². The molecule has 18 heavy (non-hydrogen) atoms. The highest BCUT2D eigenvalue weighted by molar-refractivity contribution is 5.81. The van der Waals surface area contributed by atoms with Gasteiger partial charge in [0.25, 0.3) is 0 Å². The summed E-state index contributed by atoms with van der Waals surface area (Å²) >= 11 is 0. The monoisotopic (exact) mass is 239 g/mol. The van der Waals surface area contributed by atoms with Crippen LogP contribution >= 0.6 is 0 Å². The van der Waals surface area contributed by atoms with Gasteiger partial charge in [-0.2, -0.15) is 5.26 Å². The maximum absolute atomic E-state index is 8.86. The SMILES string of the molecule is CNCCc1cn2c(nc3cc(C#N)ccc32)[nH]1. The van der Waals surface area contributed by atoms with E-state index in [0.29, 0.717) is 5.56 Å². The van der Waals surface area contributed by atoms with Crippen molar-refractivity contribution >= 4 is 16.8 Å². The van der Waals surface area contributed by atoms with E-state index < -0.39 is 0 Å². The molecule has 5 nitrogen and oxygen atoms in total. The van der Waals surface area contributed by atoms with Crippen LogP contribution in [0.25, 0.3) is 16.8 Å². The van der Waals surface area contributed by atoms with Gasteiger partial charge in [-0.25, -0.2) is 4.98 Å². The molecule has 2 N–H and O–H groups in total. The van der Waals surface area contributed by atoms with Crippen molar-refractivity contribution in [1.82, 2.24) is 19.7 Å². The fourth-order valence-electron chi connectivity index (χ4n) is 2.11. The molecule has 0 amide bonds. The van der Waals surface area contributed by atoms with Crippen LogP contribution in [-0.2, 0) is 6.42 Å². The maximum atomic E-state index is 8.86. The zero-order chi connectivity index (χ0) is 12.5. The number of imidazole rings is 2. The smallest absolute Gasteiger partial charge is 0.212 e. The summed E-state index contributed by atoms with van der Waals surface area (Å²) in [4.78, 5) is 7.77. The number of rotatable bonds is 3. The minimum Gasteiger partial charge on any atom is -0.327 e. The molecule has 90 valence electrons. The third-order valence-electron chi connectivity index (χ3n) is 3.02. The molecule has 0 radical (unpaired) electrons. The fourth-order valence-corrected chi connectivity index (χ4v) is 2.11. The Morgan fingerprint density at radius 3 is 3.17 bits per heavy atom. The number of aromatic amines is 1. The van der Waals surface area contributed by atoms with Gasteiger partial charge in [0.05, 0.1) is 22.7 Å². The Bertz CT molecular complexity index is 744. The van der Waals surface area contributed by atoms with Crippen molar-refractivity contribution in [2.45, 2.75) is 6.42 Å². The van der Waals surface area contributed by atoms with Gasteiger partial charge in [0.2, 0.25) is 5.78 Å². The molecule has 5 heteroatoms. The Balaban J connectivity index is 2.11. The molecule has 0 atom stereocenters. The number of aromatic nitrogens is 3. The Hall–Kier alpha value is -2.32. The molecule has 2 aromatic heterocycles. The third kappa shape index (κ3) is 1.63. The molecule has 0 fully saturated rings. The molecule has 0 aliphatic rings. The summed E-state index contributed by atoms with van der Waals surface area (Å²) in [6, 6.07) is 7.69. The molecule has 0 bridgehead atoms. The number of fused-ring (bicyclic) bond motifs is 3. The Morgan fingerprint density at radius 1 is 1.50 bits per heavy atom. The van der Waals surface area contributed by atoms with Crippen LogP contribution in [0.1, 0.15) is 11.3 Å². The molecule has 0 spiro atoms. The molecule has 1 aromatic carbocycles. The van der Waals surface area contributed by atoms with Crippen molar-refractivity contribution in [2.24, 2.45) is 0 Å². The molecule has 0 aliphatic carbocycles. The fraction of sp³-hybridized carbons (Fsp3) is 0.231. The van der Waals surface area contributed by atoms with Crippen molar-refractivity contribution in [1.29, 1.82) is 5.26 Å². The predicted octanol–water partition coefficient (Wildman–Crippen LogP) is 1.45. The summed E-state index contributed by atoms with van der Waals surface area (Å²) in [5.74, 6) is 0.825. The van der Waals surface area contributed by atoms with E-state index in [1.807, 2.05) is 29.6 Å². The number of likely N-dealkylation sites (N-methyl/N-ethyl adjacent to an activating group) is 1. The summed E-state index contributed by atoms with van der Waals surface area (Å²) in [5.41, 5.74) is 3.66. The first-order valence-electron chi connectivity index (χ1n) is 5.86. The van der Waals surface area contributed by atoms with Gasteiger partial charge in [-0.3, -0.25) is 4.40 Å². The van der Waals surface area contributed by atoms with E-state index in [1.54, 1.807) is 0 Å². The molecular formula is C13H13N5. The van der Waals surface area contributed by atoms with Crippen LogP contribution in [0.15, 0.2) is 24.4 Å². The minimum atomic E-state index is 0.638. The lowest BCUT2D eigenvalue weighted by atomic mass is 10.2. The molecule has 2 heterocycles. The zero-order valence-corrected chi connectivity index (χ0v) is 10.1. The predicted molar refractivity (Wildman–Crippen MR) is 69.4 cm³/mol. The van der Waals surface area contributed by atoms with E-state index in [-0.39, 0.29) is 0 Å². The first kappa shape index (κ1) is 10.8. The van der Waals surface area contributed by atoms with Crippen LogP contribution in [0, 0.1) is 11.3 Å². The van der Waals surface area contributed by atoms with Gasteiger partial charge in [-0.05, 0) is 25.2 Å². The van der Waals surface area contributed by atoms with Gasteiger partial charge in [0, 0.05) is 24.9 Å². The first-order valence-corrected chi connectivity index (χ1v) is 5.86. The van der Waals surface area contributed by atoms with Gasteiger partial charge < -0.3 is 10.3 Å². The topological polar surface area (TPSA) is 68.9 Å². The lowest BCUT2D eigenvalue weighted by Crippen LogP contribution is -2.10. The van der Waals surface area contributed by atoms with Gasteiger partial charge in [0.1, 0.15) is 0 Å². The Kier molecular flexibility index (Phi) is 2.50. The van der Waals surface area contributed by atoms with E-state index in [1.165, 1.54) is 0 Å². The first-order chi connectivity index (χ1) is 8.81. The second kappa shape index (κ2) is 4.17. The lowest BCUT2D eigenvalue weighted by molar-refractivity contribution is 0.780. The Labute approximate surface area is 104 Å². The van der Waals surface area contributed by atoms with E-state index >= 15 is 0 Å². The minimum absolute atomic E-state index is 0.638. The van der Waals surface area contributed by atoms with E-state index in [2.05, 4.69) is 27.6 Å². The lowest BCUT2D eigenvalue weighted by Gasteiger charge is -1.95. The normalized spacial score (nSPS) is 11.1. The Morgan fingerprint density at radius 2 is 2.39 bits per heavy atom. The van der Waals surface area contributed by atoms with Gasteiger partial charge in [-0.1, -0.05) is 0 Å². The van der Waals surface area contributed by atoms with Crippen LogP contribution in [0.4, 0.5) is 0 Å². The number of hydrogen-bond acceptors (Lipinski definition) is 3. The number of hydrogen-bond donors (Lipinski definition) is 2. The molecule has 0 saturated carbocycles. The largest absolute Gasteiger partial charge is 0.327 e. The molecule has 3 rings (SSSR count). The average Bonchev–Trinajstić information content (AvgIpc) is 2.92. The van der Waals surface area contributed by atoms with Crippen molar-refractivity contribution < 1.29 is 0 Å². The summed E-state index contributed by atoms with van der Waals surface area (Å²) in [6.45, 7) is 0.931. The molecule has 0 unspecified atom stereocenters. The average molecular weight is 239 g/mol. The van der Waals surface area contributed by atoms with Crippen LogP contribution in [0.2, 0.25) is 0 Å². The molecule has 0 saturated heterocycles. The summed E-state index contributed by atoms with van der Waals surface area (Å²) in [5, 5.41) is 12.0. The van der Waals surface area contributed by atoms with Gasteiger partial charge >= 0.3 is 0 Å². The maximum Gasteiger partial charge on any atom is 0.212 e. The summed E-state index contributed by atoms with van der Waals surface area (Å²) in [6.07, 6.45) is 3.01. The van der Waals surface area contributed by atoms with E-state index in [9.17, 15) is 0 Å². The van der Waals surface area contributed by atoms with Gasteiger partial charge in [0.15, 0.2) is 0 Å². The molecule has 0 aliphatic heterocycles.